The Bertz CT molecular complexity index is 540. The first-order valence-corrected chi connectivity index (χ1v) is 4.35. The third-order valence-corrected chi connectivity index (χ3v) is 2.05. The Morgan fingerprint density at radius 3 is 2.44 bits per heavy atom. The van der Waals surface area contributed by atoms with Gasteiger partial charge in [-0.1, -0.05) is 12.1 Å². The standard InChI is InChI=1S/C11H5F4N/c12-6-4-8(11(15)16-5-6)7-2-1-3-9(13)10(7)14/h1-5H. The van der Waals surface area contributed by atoms with Gasteiger partial charge in [-0.25, -0.2) is 18.2 Å². The fraction of sp³-hybridized carbons (Fsp3) is 0. The molecule has 0 aliphatic heterocycles. The van der Waals surface area contributed by atoms with Gasteiger partial charge in [0.15, 0.2) is 11.6 Å². The normalized spacial score (nSPS) is 10.5. The number of nitrogens with zero attached hydrogens (tertiary/aromatic N) is 1. The fourth-order valence-corrected chi connectivity index (χ4v) is 1.32. The second kappa shape index (κ2) is 3.92. The third-order valence-electron chi connectivity index (χ3n) is 2.05. The smallest absolute Gasteiger partial charge is 0.221 e. The summed E-state index contributed by atoms with van der Waals surface area (Å²) < 4.78 is 52.2. The quantitative estimate of drug-likeness (QED) is 0.538. The zero-order valence-corrected chi connectivity index (χ0v) is 7.85. The lowest BCUT2D eigenvalue weighted by Gasteiger charge is -2.04. The lowest BCUT2D eigenvalue weighted by atomic mass is 10.1. The maximum Gasteiger partial charge on any atom is 0.221 e. The van der Waals surface area contributed by atoms with Crippen molar-refractivity contribution in [3.63, 3.8) is 0 Å². The lowest BCUT2D eigenvalue weighted by molar-refractivity contribution is 0.508. The van der Waals surface area contributed by atoms with Crippen molar-refractivity contribution in [1.29, 1.82) is 0 Å². The van der Waals surface area contributed by atoms with Gasteiger partial charge in [0.1, 0.15) is 5.82 Å². The molecular formula is C11H5F4N. The van der Waals surface area contributed by atoms with Crippen molar-refractivity contribution in [2.24, 2.45) is 0 Å². The summed E-state index contributed by atoms with van der Waals surface area (Å²) in [6.07, 6.45) is 0.663. The van der Waals surface area contributed by atoms with Crippen molar-refractivity contribution < 1.29 is 17.6 Å². The Morgan fingerprint density at radius 2 is 1.69 bits per heavy atom. The molecule has 1 aromatic carbocycles. The summed E-state index contributed by atoms with van der Waals surface area (Å²) in [5.74, 6) is -4.22. The van der Waals surface area contributed by atoms with E-state index in [9.17, 15) is 17.6 Å². The molecule has 1 heterocycles. The maximum atomic E-state index is 13.3. The molecule has 1 aromatic heterocycles. The molecule has 0 atom stereocenters. The minimum atomic E-state index is -1.23. The average molecular weight is 227 g/mol. The first-order chi connectivity index (χ1) is 7.59. The molecule has 82 valence electrons. The van der Waals surface area contributed by atoms with Crippen molar-refractivity contribution >= 4 is 0 Å². The van der Waals surface area contributed by atoms with Crippen LogP contribution in [0.25, 0.3) is 11.1 Å². The molecule has 0 fully saturated rings. The highest BCUT2D eigenvalue weighted by atomic mass is 19.2. The van der Waals surface area contributed by atoms with E-state index in [0.717, 1.165) is 18.2 Å². The number of halogens is 4. The van der Waals surface area contributed by atoms with Gasteiger partial charge in [-0.15, -0.1) is 0 Å². The summed E-state index contributed by atoms with van der Waals surface area (Å²) in [5, 5.41) is 0. The molecule has 0 radical (unpaired) electrons. The molecule has 0 bridgehead atoms. The first-order valence-electron chi connectivity index (χ1n) is 4.35. The van der Waals surface area contributed by atoms with Gasteiger partial charge >= 0.3 is 0 Å². The molecule has 0 N–H and O–H groups in total. The van der Waals surface area contributed by atoms with Crippen LogP contribution in [0, 0.1) is 23.4 Å². The van der Waals surface area contributed by atoms with E-state index in [-0.39, 0.29) is 5.56 Å². The van der Waals surface area contributed by atoms with Crippen LogP contribution >= 0.6 is 0 Å². The second-order valence-corrected chi connectivity index (χ2v) is 3.09. The zero-order valence-electron chi connectivity index (χ0n) is 7.85. The van der Waals surface area contributed by atoms with E-state index in [0.29, 0.717) is 6.20 Å². The van der Waals surface area contributed by atoms with Gasteiger partial charge < -0.3 is 0 Å². The Morgan fingerprint density at radius 1 is 0.938 bits per heavy atom. The van der Waals surface area contributed by atoms with Crippen LogP contribution in [0.2, 0.25) is 0 Å². The molecule has 0 unspecified atom stereocenters. The van der Waals surface area contributed by atoms with Gasteiger partial charge in [0.2, 0.25) is 5.95 Å². The molecule has 0 saturated carbocycles. The summed E-state index contributed by atoms with van der Waals surface area (Å²) in [6.45, 7) is 0. The van der Waals surface area contributed by atoms with Crippen molar-refractivity contribution in [3.05, 3.63) is 53.9 Å². The highest BCUT2D eigenvalue weighted by molar-refractivity contribution is 5.63. The van der Waals surface area contributed by atoms with Crippen molar-refractivity contribution in [1.82, 2.24) is 4.98 Å². The van der Waals surface area contributed by atoms with E-state index in [1.807, 2.05) is 0 Å². The molecule has 2 aromatic rings. The van der Waals surface area contributed by atoms with Crippen molar-refractivity contribution in [2.75, 3.05) is 0 Å². The number of pyridine rings is 1. The van der Waals surface area contributed by atoms with Crippen LogP contribution in [0.4, 0.5) is 17.6 Å². The van der Waals surface area contributed by atoms with Gasteiger partial charge in [0, 0.05) is 11.1 Å². The first kappa shape index (κ1) is 10.6. The molecule has 0 aliphatic rings. The van der Waals surface area contributed by atoms with Gasteiger partial charge in [-0.2, -0.15) is 4.39 Å². The van der Waals surface area contributed by atoms with Crippen LogP contribution in [0.1, 0.15) is 0 Å². The molecule has 0 amide bonds. The largest absolute Gasteiger partial charge is 0.225 e. The minimum Gasteiger partial charge on any atom is -0.225 e. The van der Waals surface area contributed by atoms with E-state index in [2.05, 4.69) is 4.98 Å². The van der Waals surface area contributed by atoms with E-state index in [1.165, 1.54) is 6.07 Å². The third kappa shape index (κ3) is 1.76. The highest BCUT2D eigenvalue weighted by Gasteiger charge is 2.14. The number of aromatic nitrogens is 1. The van der Waals surface area contributed by atoms with Gasteiger partial charge in [0.05, 0.1) is 6.20 Å². The van der Waals surface area contributed by atoms with Crippen LogP contribution in [-0.2, 0) is 0 Å². The van der Waals surface area contributed by atoms with Gasteiger partial charge in [0.25, 0.3) is 0 Å². The van der Waals surface area contributed by atoms with E-state index in [1.54, 1.807) is 0 Å². The molecule has 2 rings (SSSR count). The summed E-state index contributed by atoms with van der Waals surface area (Å²) in [6, 6.07) is 4.01. The van der Waals surface area contributed by atoms with Crippen molar-refractivity contribution in [2.45, 2.75) is 0 Å². The molecule has 16 heavy (non-hydrogen) atoms. The Balaban J connectivity index is 2.67. The molecule has 0 spiro atoms. The summed E-state index contributed by atoms with van der Waals surface area (Å²) in [4.78, 5) is 3.10. The Labute approximate surface area is 88.4 Å². The fourth-order valence-electron chi connectivity index (χ4n) is 1.32. The summed E-state index contributed by atoms with van der Waals surface area (Å²) >= 11 is 0. The van der Waals surface area contributed by atoms with Gasteiger partial charge in [-0.3, -0.25) is 0 Å². The number of benzene rings is 1. The zero-order chi connectivity index (χ0) is 11.7. The van der Waals surface area contributed by atoms with Gasteiger partial charge in [-0.05, 0) is 12.1 Å². The Kier molecular flexibility index (Phi) is 2.60. The number of rotatable bonds is 1. The SMILES string of the molecule is Fc1cnc(F)c(-c2cccc(F)c2F)c1. The summed E-state index contributed by atoms with van der Waals surface area (Å²) in [5.41, 5.74) is -0.762. The molecular weight excluding hydrogens is 222 g/mol. The topological polar surface area (TPSA) is 12.9 Å². The van der Waals surface area contributed by atoms with E-state index >= 15 is 0 Å². The van der Waals surface area contributed by atoms with Crippen LogP contribution < -0.4 is 0 Å². The highest BCUT2D eigenvalue weighted by Crippen LogP contribution is 2.26. The Hall–Kier alpha value is -1.91. The van der Waals surface area contributed by atoms with Crippen LogP contribution in [0.3, 0.4) is 0 Å². The van der Waals surface area contributed by atoms with Crippen LogP contribution in [-0.4, -0.2) is 4.98 Å². The molecule has 0 aliphatic carbocycles. The predicted molar refractivity (Wildman–Crippen MR) is 49.5 cm³/mol. The van der Waals surface area contributed by atoms with Crippen molar-refractivity contribution in [3.8, 4) is 11.1 Å². The lowest BCUT2D eigenvalue weighted by Crippen LogP contribution is -1.95. The van der Waals surface area contributed by atoms with Crippen LogP contribution in [0.5, 0.6) is 0 Å². The summed E-state index contributed by atoms with van der Waals surface area (Å²) in [7, 11) is 0. The monoisotopic (exact) mass is 227 g/mol. The maximum absolute atomic E-state index is 13.3. The molecule has 0 saturated heterocycles. The number of hydrogen-bond acceptors (Lipinski definition) is 1. The number of hydrogen-bond donors (Lipinski definition) is 0. The van der Waals surface area contributed by atoms with E-state index in [4.69, 9.17) is 0 Å². The second-order valence-electron chi connectivity index (χ2n) is 3.09. The van der Waals surface area contributed by atoms with E-state index < -0.39 is 29.0 Å². The van der Waals surface area contributed by atoms with Crippen LogP contribution in [0.15, 0.2) is 30.5 Å². The predicted octanol–water partition coefficient (Wildman–Crippen LogP) is 3.31. The molecule has 1 nitrogen and oxygen atoms in total. The minimum absolute atomic E-state index is 0.357. The average Bonchev–Trinajstić information content (AvgIpc) is 2.26. The molecule has 5 heteroatoms.